The molecule has 0 aromatic heterocycles. The van der Waals surface area contributed by atoms with Crippen molar-refractivity contribution in [2.45, 2.75) is 24.2 Å². The van der Waals surface area contributed by atoms with Gasteiger partial charge in [0.1, 0.15) is 0 Å². The molecule has 0 spiro atoms. The van der Waals surface area contributed by atoms with Crippen LogP contribution in [-0.2, 0) is 24.3 Å². The van der Waals surface area contributed by atoms with Crippen molar-refractivity contribution in [1.82, 2.24) is 0 Å². The largest absolute Gasteiger partial charge is 0.456 e. The number of hydrogen-bond donors (Lipinski definition) is 2. The normalized spacial score (nSPS) is 12.2. The Morgan fingerprint density at radius 2 is 1.81 bits per heavy atom. The third-order valence-corrected chi connectivity index (χ3v) is 4.56. The summed E-state index contributed by atoms with van der Waals surface area (Å²) in [5.41, 5.74) is 1.25. The smallest absolute Gasteiger partial charge is 0.306 e. The zero-order valence-electron chi connectivity index (χ0n) is 14.2. The molecule has 0 saturated heterocycles. The lowest BCUT2D eigenvalue weighted by molar-refractivity contribution is -0.147. The third kappa shape index (κ3) is 5.98. The molecule has 0 saturated carbocycles. The molecule has 0 bridgehead atoms. The maximum Gasteiger partial charge on any atom is 0.306 e. The van der Waals surface area contributed by atoms with E-state index in [1.54, 1.807) is 0 Å². The summed E-state index contributed by atoms with van der Waals surface area (Å²) in [5.74, 6) is -1.09. The van der Waals surface area contributed by atoms with Crippen LogP contribution in [-0.4, -0.2) is 26.9 Å². The fourth-order valence-electron chi connectivity index (χ4n) is 2.30. The average molecular weight is 376 g/mol. The van der Waals surface area contributed by atoms with E-state index in [-0.39, 0.29) is 22.9 Å². The lowest BCUT2D eigenvalue weighted by Gasteiger charge is -2.11. The first kappa shape index (κ1) is 19.6. The molecule has 2 aromatic rings. The summed E-state index contributed by atoms with van der Waals surface area (Å²) in [4.78, 5) is 23.6. The molecule has 0 aliphatic carbocycles. The Morgan fingerprint density at radius 3 is 2.46 bits per heavy atom. The van der Waals surface area contributed by atoms with E-state index in [2.05, 4.69) is 5.32 Å². The molecule has 1 atom stereocenters. The predicted octanol–water partition coefficient (Wildman–Crippen LogP) is 2.01. The summed E-state index contributed by atoms with van der Waals surface area (Å²) in [5, 5.41) is 7.50. The van der Waals surface area contributed by atoms with Gasteiger partial charge in [-0.1, -0.05) is 43.3 Å². The molecule has 0 unspecified atom stereocenters. The highest BCUT2D eigenvalue weighted by Gasteiger charge is 2.14. The van der Waals surface area contributed by atoms with Gasteiger partial charge in [-0.05, 0) is 29.7 Å². The minimum absolute atomic E-state index is 0.0294. The van der Waals surface area contributed by atoms with Gasteiger partial charge in [0, 0.05) is 5.69 Å². The minimum Gasteiger partial charge on any atom is -0.456 e. The highest BCUT2D eigenvalue weighted by molar-refractivity contribution is 7.89. The molecule has 1 amide bonds. The molecule has 26 heavy (non-hydrogen) atoms. The van der Waals surface area contributed by atoms with Gasteiger partial charge in [0.05, 0.1) is 11.3 Å². The van der Waals surface area contributed by atoms with Crippen LogP contribution in [0.2, 0.25) is 0 Å². The standard InChI is InChI=1S/C18H20N2O5S/c1-13(14-6-3-2-4-7-14)10-18(22)25-12-17(21)20-15-8-5-9-16(11-15)26(19,23)24/h2-9,11,13H,10,12H2,1H3,(H,20,21)(H2,19,23,24)/t13-/m0/s1. The Labute approximate surface area is 152 Å². The van der Waals surface area contributed by atoms with Crippen LogP contribution in [0.25, 0.3) is 0 Å². The number of anilines is 1. The minimum atomic E-state index is -3.86. The summed E-state index contributed by atoms with van der Waals surface area (Å²) >= 11 is 0. The van der Waals surface area contributed by atoms with E-state index in [1.807, 2.05) is 37.3 Å². The maximum atomic E-state index is 11.9. The van der Waals surface area contributed by atoms with Gasteiger partial charge in [0.2, 0.25) is 10.0 Å². The molecule has 0 radical (unpaired) electrons. The second-order valence-electron chi connectivity index (χ2n) is 5.80. The van der Waals surface area contributed by atoms with Gasteiger partial charge in [0.25, 0.3) is 5.91 Å². The zero-order valence-corrected chi connectivity index (χ0v) is 15.0. The second kappa shape index (κ2) is 8.59. The lowest BCUT2D eigenvalue weighted by atomic mass is 9.98. The number of primary sulfonamides is 1. The molecule has 2 rings (SSSR count). The van der Waals surface area contributed by atoms with Gasteiger partial charge in [-0.25, -0.2) is 13.6 Å². The Hall–Kier alpha value is -2.71. The fourth-order valence-corrected chi connectivity index (χ4v) is 2.86. The highest BCUT2D eigenvalue weighted by Crippen LogP contribution is 2.19. The van der Waals surface area contributed by atoms with Crippen LogP contribution in [0, 0.1) is 0 Å². The quantitative estimate of drug-likeness (QED) is 0.717. The number of nitrogens with two attached hydrogens (primary N) is 1. The Morgan fingerprint density at radius 1 is 1.12 bits per heavy atom. The van der Waals surface area contributed by atoms with Gasteiger partial charge >= 0.3 is 5.97 Å². The fraction of sp³-hybridized carbons (Fsp3) is 0.222. The molecule has 0 aliphatic heterocycles. The number of sulfonamides is 1. The monoisotopic (exact) mass is 376 g/mol. The molecular weight excluding hydrogens is 356 g/mol. The molecule has 138 valence electrons. The first-order valence-electron chi connectivity index (χ1n) is 7.89. The third-order valence-electron chi connectivity index (χ3n) is 3.65. The van der Waals surface area contributed by atoms with Crippen LogP contribution in [0.4, 0.5) is 5.69 Å². The van der Waals surface area contributed by atoms with Gasteiger partial charge < -0.3 is 10.1 Å². The summed E-state index contributed by atoms with van der Waals surface area (Å²) in [6, 6.07) is 15.0. The second-order valence-corrected chi connectivity index (χ2v) is 7.36. The van der Waals surface area contributed by atoms with E-state index in [9.17, 15) is 18.0 Å². The molecule has 3 N–H and O–H groups in total. The molecule has 7 nitrogen and oxygen atoms in total. The van der Waals surface area contributed by atoms with Gasteiger partial charge in [-0.15, -0.1) is 0 Å². The van der Waals surface area contributed by atoms with E-state index in [0.717, 1.165) is 5.56 Å². The average Bonchev–Trinajstić information content (AvgIpc) is 2.60. The van der Waals surface area contributed by atoms with Crippen molar-refractivity contribution in [2.75, 3.05) is 11.9 Å². The van der Waals surface area contributed by atoms with Crippen LogP contribution in [0.3, 0.4) is 0 Å². The topological polar surface area (TPSA) is 116 Å². The van der Waals surface area contributed by atoms with Crippen molar-refractivity contribution in [3.05, 3.63) is 60.2 Å². The number of carbonyl (C=O) groups excluding carboxylic acids is 2. The molecular formula is C18H20N2O5S. The lowest BCUT2D eigenvalue weighted by Crippen LogP contribution is -2.21. The number of hydrogen-bond acceptors (Lipinski definition) is 5. The van der Waals surface area contributed by atoms with E-state index < -0.39 is 28.5 Å². The van der Waals surface area contributed by atoms with E-state index in [4.69, 9.17) is 9.88 Å². The van der Waals surface area contributed by atoms with Gasteiger partial charge in [-0.2, -0.15) is 0 Å². The zero-order chi connectivity index (χ0) is 19.2. The van der Waals surface area contributed by atoms with Crippen molar-refractivity contribution in [3.8, 4) is 0 Å². The first-order chi connectivity index (χ1) is 12.3. The summed E-state index contributed by atoms with van der Waals surface area (Å²) in [6.07, 6.45) is 0.151. The molecule has 2 aromatic carbocycles. The Kier molecular flexibility index (Phi) is 6.48. The van der Waals surface area contributed by atoms with Crippen molar-refractivity contribution in [1.29, 1.82) is 0 Å². The van der Waals surface area contributed by atoms with Crippen LogP contribution in [0.5, 0.6) is 0 Å². The van der Waals surface area contributed by atoms with E-state index >= 15 is 0 Å². The van der Waals surface area contributed by atoms with E-state index in [1.165, 1.54) is 24.3 Å². The SMILES string of the molecule is C[C@@H](CC(=O)OCC(=O)Nc1cccc(S(N)(=O)=O)c1)c1ccccc1. The first-order valence-corrected chi connectivity index (χ1v) is 9.43. The van der Waals surface area contributed by atoms with Crippen LogP contribution in [0.15, 0.2) is 59.5 Å². The number of rotatable bonds is 7. The summed E-state index contributed by atoms with van der Waals surface area (Å²) in [6.45, 7) is 1.44. The Bertz CT molecular complexity index is 881. The van der Waals surface area contributed by atoms with Gasteiger partial charge in [-0.3, -0.25) is 9.59 Å². The van der Waals surface area contributed by atoms with E-state index in [0.29, 0.717) is 0 Å². The van der Waals surface area contributed by atoms with Crippen LogP contribution in [0.1, 0.15) is 24.8 Å². The molecule has 0 heterocycles. The number of ether oxygens (including phenoxy) is 1. The summed E-state index contributed by atoms with van der Waals surface area (Å²) in [7, 11) is -3.86. The number of esters is 1. The number of nitrogens with one attached hydrogen (secondary N) is 1. The number of carbonyl (C=O) groups is 2. The highest BCUT2D eigenvalue weighted by atomic mass is 32.2. The summed E-state index contributed by atoms with van der Waals surface area (Å²) < 4.78 is 27.6. The van der Waals surface area contributed by atoms with Crippen LogP contribution < -0.4 is 10.5 Å². The molecule has 0 fully saturated rings. The number of benzene rings is 2. The molecule has 8 heteroatoms. The van der Waals surface area contributed by atoms with Crippen LogP contribution >= 0.6 is 0 Å². The molecule has 0 aliphatic rings. The van der Waals surface area contributed by atoms with Gasteiger partial charge in [0.15, 0.2) is 6.61 Å². The van der Waals surface area contributed by atoms with Crippen molar-refractivity contribution in [2.24, 2.45) is 5.14 Å². The van der Waals surface area contributed by atoms with Crippen molar-refractivity contribution >= 4 is 27.6 Å². The number of amides is 1. The maximum absolute atomic E-state index is 11.9. The Balaban J connectivity index is 1.84. The van der Waals surface area contributed by atoms with Crippen molar-refractivity contribution < 1.29 is 22.7 Å². The predicted molar refractivity (Wildman–Crippen MR) is 96.9 cm³/mol. The van der Waals surface area contributed by atoms with Crippen molar-refractivity contribution in [3.63, 3.8) is 0 Å².